The minimum Gasteiger partial charge on any atom is -0.258 e. The molecular formula is C11H8BrN3S. The van der Waals surface area contributed by atoms with E-state index in [1.807, 2.05) is 24.3 Å². The third-order valence-corrected chi connectivity index (χ3v) is 3.15. The van der Waals surface area contributed by atoms with E-state index < -0.39 is 0 Å². The minimum absolute atomic E-state index is 0.581. The smallest absolute Gasteiger partial charge is 0.209 e. The molecule has 0 aliphatic carbocycles. The van der Waals surface area contributed by atoms with Gasteiger partial charge in [0, 0.05) is 10.0 Å². The van der Waals surface area contributed by atoms with Crippen LogP contribution in [0.3, 0.4) is 0 Å². The van der Waals surface area contributed by atoms with Crippen molar-refractivity contribution in [3.8, 4) is 23.7 Å². The van der Waals surface area contributed by atoms with Crippen LogP contribution in [0.5, 0.6) is 0 Å². The molecule has 1 aromatic carbocycles. The van der Waals surface area contributed by atoms with Crippen LogP contribution >= 0.6 is 27.7 Å². The quantitative estimate of drug-likeness (QED) is 0.699. The molecule has 0 aliphatic heterocycles. The van der Waals surface area contributed by atoms with E-state index in [1.165, 1.54) is 11.8 Å². The maximum atomic E-state index is 5.17. The first-order valence-electron chi connectivity index (χ1n) is 4.54. The van der Waals surface area contributed by atoms with Gasteiger partial charge < -0.3 is 0 Å². The van der Waals surface area contributed by atoms with Crippen molar-refractivity contribution in [3.05, 3.63) is 28.7 Å². The number of terminal acetylenes is 1. The standard InChI is InChI=1S/C11H8BrN3S/c1-2-7-16-11-13-10(14-15-11)8-3-5-9(12)6-4-8/h1,3-6H,7H2,(H,13,14,15). The largest absolute Gasteiger partial charge is 0.258 e. The lowest BCUT2D eigenvalue weighted by Crippen LogP contribution is -1.80. The van der Waals surface area contributed by atoms with E-state index in [-0.39, 0.29) is 0 Å². The average Bonchev–Trinajstić information content (AvgIpc) is 2.76. The molecule has 80 valence electrons. The lowest BCUT2D eigenvalue weighted by atomic mass is 10.2. The molecule has 2 rings (SSSR count). The highest BCUT2D eigenvalue weighted by Gasteiger charge is 2.05. The molecule has 0 radical (unpaired) electrons. The summed E-state index contributed by atoms with van der Waals surface area (Å²) >= 11 is 4.83. The van der Waals surface area contributed by atoms with Crippen molar-refractivity contribution in [2.75, 3.05) is 5.75 Å². The van der Waals surface area contributed by atoms with E-state index in [9.17, 15) is 0 Å². The summed E-state index contributed by atoms with van der Waals surface area (Å²) in [4.78, 5) is 4.33. The third-order valence-electron chi connectivity index (χ3n) is 1.87. The molecule has 0 unspecified atom stereocenters. The molecule has 5 heteroatoms. The second kappa shape index (κ2) is 5.19. The minimum atomic E-state index is 0.581. The Kier molecular flexibility index (Phi) is 3.65. The van der Waals surface area contributed by atoms with Crippen LogP contribution in [0.25, 0.3) is 11.4 Å². The molecule has 16 heavy (non-hydrogen) atoms. The zero-order chi connectivity index (χ0) is 11.4. The zero-order valence-electron chi connectivity index (χ0n) is 8.27. The molecule has 2 aromatic rings. The fraction of sp³-hybridized carbons (Fsp3) is 0.0909. The van der Waals surface area contributed by atoms with Gasteiger partial charge in [-0.3, -0.25) is 5.10 Å². The summed E-state index contributed by atoms with van der Waals surface area (Å²) in [7, 11) is 0. The van der Waals surface area contributed by atoms with Gasteiger partial charge in [0.1, 0.15) is 0 Å². The maximum absolute atomic E-state index is 5.17. The van der Waals surface area contributed by atoms with Gasteiger partial charge in [-0.1, -0.05) is 45.7 Å². The van der Waals surface area contributed by atoms with Crippen LogP contribution in [0.15, 0.2) is 33.9 Å². The summed E-state index contributed by atoms with van der Waals surface area (Å²) in [6.07, 6.45) is 5.17. The Bertz CT molecular complexity index is 513. The Labute approximate surface area is 106 Å². The highest BCUT2D eigenvalue weighted by molar-refractivity contribution is 9.10. The second-order valence-electron chi connectivity index (χ2n) is 2.97. The Morgan fingerprint density at radius 3 is 2.81 bits per heavy atom. The van der Waals surface area contributed by atoms with Crippen molar-refractivity contribution < 1.29 is 0 Å². The first-order valence-corrected chi connectivity index (χ1v) is 6.32. The summed E-state index contributed by atoms with van der Waals surface area (Å²) in [5, 5.41) is 7.63. The lowest BCUT2D eigenvalue weighted by molar-refractivity contribution is 0.975. The number of thioether (sulfide) groups is 1. The van der Waals surface area contributed by atoms with E-state index >= 15 is 0 Å². The molecule has 0 bridgehead atoms. The van der Waals surface area contributed by atoms with Gasteiger partial charge in [0.15, 0.2) is 5.82 Å². The summed E-state index contributed by atoms with van der Waals surface area (Å²) in [5.41, 5.74) is 1.00. The third kappa shape index (κ3) is 2.65. The van der Waals surface area contributed by atoms with E-state index in [1.54, 1.807) is 0 Å². The van der Waals surface area contributed by atoms with Crippen molar-refractivity contribution in [1.29, 1.82) is 0 Å². The zero-order valence-corrected chi connectivity index (χ0v) is 10.7. The van der Waals surface area contributed by atoms with Crippen LogP contribution in [0, 0.1) is 12.3 Å². The molecule has 1 aromatic heterocycles. The molecule has 0 spiro atoms. The Hall–Kier alpha value is -1.25. The van der Waals surface area contributed by atoms with Crippen LogP contribution < -0.4 is 0 Å². The maximum Gasteiger partial charge on any atom is 0.209 e. The summed E-state index contributed by atoms with van der Waals surface area (Å²) < 4.78 is 1.04. The number of rotatable bonds is 3. The van der Waals surface area contributed by atoms with E-state index in [4.69, 9.17) is 6.42 Å². The predicted molar refractivity (Wildman–Crippen MR) is 69.1 cm³/mol. The van der Waals surface area contributed by atoms with Crippen LogP contribution in [0.4, 0.5) is 0 Å². The van der Waals surface area contributed by atoms with Gasteiger partial charge in [-0.2, -0.15) is 0 Å². The highest BCUT2D eigenvalue weighted by Crippen LogP contribution is 2.20. The molecule has 0 fully saturated rings. The second-order valence-corrected chi connectivity index (χ2v) is 4.82. The molecular weight excluding hydrogens is 286 g/mol. The van der Waals surface area contributed by atoms with Crippen LogP contribution in [0.2, 0.25) is 0 Å². The number of nitrogens with zero attached hydrogens (tertiary/aromatic N) is 2. The van der Waals surface area contributed by atoms with Crippen molar-refractivity contribution in [2.45, 2.75) is 5.16 Å². The fourth-order valence-electron chi connectivity index (χ4n) is 1.15. The summed E-state index contributed by atoms with van der Waals surface area (Å²) in [6.45, 7) is 0. The molecule has 3 nitrogen and oxygen atoms in total. The van der Waals surface area contributed by atoms with Gasteiger partial charge in [0.05, 0.1) is 5.75 Å². The van der Waals surface area contributed by atoms with Crippen LogP contribution in [0.1, 0.15) is 0 Å². The molecule has 0 atom stereocenters. The summed E-state index contributed by atoms with van der Waals surface area (Å²) in [6, 6.07) is 7.87. The number of benzene rings is 1. The molecule has 0 saturated carbocycles. The number of nitrogens with one attached hydrogen (secondary N) is 1. The van der Waals surface area contributed by atoms with Gasteiger partial charge in [-0.15, -0.1) is 11.5 Å². The van der Waals surface area contributed by atoms with Crippen molar-refractivity contribution in [3.63, 3.8) is 0 Å². The normalized spacial score (nSPS) is 10.0. The van der Waals surface area contributed by atoms with Gasteiger partial charge in [-0.05, 0) is 12.1 Å². The van der Waals surface area contributed by atoms with Crippen molar-refractivity contribution in [1.82, 2.24) is 15.2 Å². The first kappa shape index (κ1) is 11.2. The number of hydrogen-bond donors (Lipinski definition) is 1. The van der Waals surface area contributed by atoms with Gasteiger partial charge in [-0.25, -0.2) is 4.98 Å². The van der Waals surface area contributed by atoms with Crippen LogP contribution in [-0.4, -0.2) is 20.9 Å². The Balaban J connectivity index is 2.18. The molecule has 0 aliphatic rings. The average molecular weight is 294 g/mol. The molecule has 0 saturated heterocycles. The number of H-pyrrole nitrogens is 1. The van der Waals surface area contributed by atoms with Crippen LogP contribution in [-0.2, 0) is 0 Å². The highest BCUT2D eigenvalue weighted by atomic mass is 79.9. The van der Waals surface area contributed by atoms with E-state index in [0.29, 0.717) is 10.9 Å². The predicted octanol–water partition coefficient (Wildman–Crippen LogP) is 2.96. The van der Waals surface area contributed by atoms with Gasteiger partial charge in [0.25, 0.3) is 0 Å². The summed E-state index contributed by atoms with van der Waals surface area (Å²) in [5.74, 6) is 3.87. The first-order chi connectivity index (χ1) is 7.79. The number of aromatic nitrogens is 3. The van der Waals surface area contributed by atoms with E-state index in [2.05, 4.69) is 37.0 Å². The number of hydrogen-bond acceptors (Lipinski definition) is 3. The van der Waals surface area contributed by atoms with Crippen molar-refractivity contribution in [2.24, 2.45) is 0 Å². The van der Waals surface area contributed by atoms with Gasteiger partial charge >= 0.3 is 0 Å². The Morgan fingerprint density at radius 1 is 1.38 bits per heavy atom. The number of aromatic amines is 1. The lowest BCUT2D eigenvalue weighted by Gasteiger charge is -1.94. The topological polar surface area (TPSA) is 41.6 Å². The van der Waals surface area contributed by atoms with Crippen molar-refractivity contribution >= 4 is 27.7 Å². The Morgan fingerprint density at radius 2 is 2.12 bits per heavy atom. The molecule has 0 amide bonds. The molecule has 1 N–H and O–H groups in total. The van der Waals surface area contributed by atoms with E-state index in [0.717, 1.165) is 15.9 Å². The van der Waals surface area contributed by atoms with Gasteiger partial charge in [0.2, 0.25) is 5.16 Å². The number of halogens is 1. The molecule has 1 heterocycles. The SMILES string of the molecule is C#CCSc1n[nH]c(-c2ccc(Br)cc2)n1. The monoisotopic (exact) mass is 293 g/mol. The fourth-order valence-corrected chi connectivity index (χ4v) is 1.90.